The van der Waals surface area contributed by atoms with Crippen LogP contribution in [0.15, 0.2) is 0 Å². The van der Waals surface area contributed by atoms with Gasteiger partial charge in [-0.15, -0.1) is 0 Å². The third kappa shape index (κ3) is 4.23. The number of hydrogen-bond donors (Lipinski definition) is 1. The van der Waals surface area contributed by atoms with Crippen molar-refractivity contribution >= 4 is 15.8 Å². The van der Waals surface area contributed by atoms with E-state index < -0.39 is 21.1 Å². The molecule has 0 aliphatic rings. The van der Waals surface area contributed by atoms with Crippen LogP contribution in [0, 0.1) is 0 Å². The summed E-state index contributed by atoms with van der Waals surface area (Å²) in [5, 5.41) is 7.13. The van der Waals surface area contributed by atoms with Crippen molar-refractivity contribution < 1.29 is 23.1 Å². The van der Waals surface area contributed by atoms with Crippen LogP contribution in [0.25, 0.3) is 0 Å². The zero-order valence-corrected chi connectivity index (χ0v) is 8.50. The van der Waals surface area contributed by atoms with Crippen molar-refractivity contribution in [1.29, 1.82) is 0 Å². The van der Waals surface area contributed by atoms with E-state index in [0.29, 0.717) is 13.0 Å². The minimum absolute atomic E-state index is 0.145. The molecule has 1 unspecified atom stereocenters. The minimum Gasteiger partial charge on any atom is -0.480 e. The first-order chi connectivity index (χ1) is 5.91. The van der Waals surface area contributed by atoms with Gasteiger partial charge in [-0.3, -0.25) is 4.79 Å². The molecule has 0 heterocycles. The maximum absolute atomic E-state index is 11.2. The van der Waals surface area contributed by atoms with Gasteiger partial charge in [0, 0.05) is 13.7 Å². The number of carbonyl (C=O) groups is 1. The van der Waals surface area contributed by atoms with Gasteiger partial charge in [0.1, 0.15) is 0 Å². The second kappa shape index (κ2) is 5.18. The molecule has 0 aromatic heterocycles. The molecule has 5 nitrogen and oxygen atoms in total. The Morgan fingerprint density at radius 3 is 2.46 bits per heavy atom. The van der Waals surface area contributed by atoms with E-state index in [2.05, 4.69) is 4.74 Å². The SMILES string of the molecule is COCCCS(=O)(=O)C(C)C(=O)O. The molecule has 0 rings (SSSR count). The van der Waals surface area contributed by atoms with E-state index in [0.717, 1.165) is 0 Å². The second-order valence-corrected chi connectivity index (χ2v) is 5.13. The largest absolute Gasteiger partial charge is 0.480 e. The van der Waals surface area contributed by atoms with Gasteiger partial charge in [0.2, 0.25) is 0 Å². The predicted octanol–water partition coefficient (Wildman–Crippen LogP) is -0.0892. The molecule has 13 heavy (non-hydrogen) atoms. The Kier molecular flexibility index (Phi) is 4.94. The van der Waals surface area contributed by atoms with E-state index in [1.165, 1.54) is 14.0 Å². The molecule has 1 N–H and O–H groups in total. The average molecular weight is 210 g/mol. The molecule has 0 saturated carbocycles. The number of hydrogen-bond acceptors (Lipinski definition) is 4. The van der Waals surface area contributed by atoms with Gasteiger partial charge in [-0.05, 0) is 13.3 Å². The van der Waals surface area contributed by atoms with Crippen LogP contribution >= 0.6 is 0 Å². The molecule has 0 spiro atoms. The van der Waals surface area contributed by atoms with Crippen LogP contribution in [0.2, 0.25) is 0 Å². The maximum Gasteiger partial charge on any atom is 0.321 e. The number of sulfone groups is 1. The molecular weight excluding hydrogens is 196 g/mol. The normalized spacial score (nSPS) is 14.0. The van der Waals surface area contributed by atoms with Gasteiger partial charge in [-0.2, -0.15) is 0 Å². The summed E-state index contributed by atoms with van der Waals surface area (Å²) in [5.74, 6) is -1.45. The summed E-state index contributed by atoms with van der Waals surface area (Å²) in [7, 11) is -2.05. The zero-order valence-electron chi connectivity index (χ0n) is 7.69. The Labute approximate surface area is 77.6 Å². The quantitative estimate of drug-likeness (QED) is 0.620. The molecule has 0 amide bonds. The van der Waals surface area contributed by atoms with Gasteiger partial charge in [0.05, 0.1) is 5.75 Å². The van der Waals surface area contributed by atoms with Crippen LogP contribution in [0.3, 0.4) is 0 Å². The average Bonchev–Trinajstić information content (AvgIpc) is 2.03. The molecule has 0 radical (unpaired) electrons. The number of rotatable bonds is 6. The first kappa shape index (κ1) is 12.4. The molecule has 0 bridgehead atoms. The Balaban J connectivity index is 4.16. The van der Waals surface area contributed by atoms with Gasteiger partial charge in [0.15, 0.2) is 15.1 Å². The van der Waals surface area contributed by atoms with Crippen molar-refractivity contribution in [3.8, 4) is 0 Å². The van der Waals surface area contributed by atoms with Crippen LogP contribution in [-0.4, -0.2) is 44.2 Å². The van der Waals surface area contributed by atoms with E-state index in [1.807, 2.05) is 0 Å². The number of ether oxygens (including phenoxy) is 1. The van der Waals surface area contributed by atoms with Crippen LogP contribution in [0.1, 0.15) is 13.3 Å². The summed E-state index contributed by atoms with van der Waals surface area (Å²) >= 11 is 0. The van der Waals surface area contributed by atoms with Crippen LogP contribution in [-0.2, 0) is 19.4 Å². The lowest BCUT2D eigenvalue weighted by Gasteiger charge is -2.07. The number of carboxylic acids is 1. The molecular formula is C7H14O5S. The molecule has 1 atom stereocenters. The highest BCUT2D eigenvalue weighted by Crippen LogP contribution is 2.03. The Morgan fingerprint density at radius 1 is 1.54 bits per heavy atom. The second-order valence-electron chi connectivity index (χ2n) is 2.69. The lowest BCUT2D eigenvalue weighted by Crippen LogP contribution is -2.29. The highest BCUT2D eigenvalue weighted by molar-refractivity contribution is 7.92. The van der Waals surface area contributed by atoms with Crippen LogP contribution in [0.5, 0.6) is 0 Å². The lowest BCUT2D eigenvalue weighted by atomic mass is 10.5. The van der Waals surface area contributed by atoms with Crippen molar-refractivity contribution in [3.63, 3.8) is 0 Å². The summed E-state index contributed by atoms with van der Waals surface area (Å²) in [4.78, 5) is 10.4. The lowest BCUT2D eigenvalue weighted by molar-refractivity contribution is -0.136. The molecule has 78 valence electrons. The van der Waals surface area contributed by atoms with E-state index in [4.69, 9.17) is 5.11 Å². The van der Waals surface area contributed by atoms with Gasteiger partial charge in [-0.1, -0.05) is 0 Å². The number of aliphatic carboxylic acids is 1. The number of carboxylic acid groups (broad SMARTS) is 1. The van der Waals surface area contributed by atoms with Gasteiger partial charge in [-0.25, -0.2) is 8.42 Å². The van der Waals surface area contributed by atoms with Crippen LogP contribution in [0.4, 0.5) is 0 Å². The Bertz CT molecular complexity index is 256. The molecule has 0 aromatic carbocycles. The Hall–Kier alpha value is -0.620. The predicted molar refractivity (Wildman–Crippen MR) is 47.4 cm³/mol. The van der Waals surface area contributed by atoms with Crippen molar-refractivity contribution in [1.82, 2.24) is 0 Å². The molecule has 6 heteroatoms. The fraction of sp³-hybridized carbons (Fsp3) is 0.857. The summed E-state index contributed by atoms with van der Waals surface area (Å²) in [6, 6.07) is 0. The minimum atomic E-state index is -3.51. The first-order valence-corrected chi connectivity index (χ1v) is 5.56. The third-order valence-electron chi connectivity index (χ3n) is 1.66. The molecule has 0 aliphatic carbocycles. The number of methoxy groups -OCH3 is 1. The fourth-order valence-corrected chi connectivity index (χ4v) is 1.92. The summed E-state index contributed by atoms with van der Waals surface area (Å²) in [6.45, 7) is 1.50. The molecule has 0 aliphatic heterocycles. The summed E-state index contributed by atoms with van der Waals surface area (Å²) in [5.41, 5.74) is 0. The van der Waals surface area contributed by atoms with Crippen molar-refractivity contribution in [3.05, 3.63) is 0 Å². The first-order valence-electron chi connectivity index (χ1n) is 3.85. The van der Waals surface area contributed by atoms with Crippen LogP contribution < -0.4 is 0 Å². The van der Waals surface area contributed by atoms with Gasteiger partial charge in [0.25, 0.3) is 0 Å². The Morgan fingerprint density at radius 2 is 2.08 bits per heavy atom. The highest BCUT2D eigenvalue weighted by atomic mass is 32.2. The van der Waals surface area contributed by atoms with E-state index in [-0.39, 0.29) is 5.75 Å². The monoisotopic (exact) mass is 210 g/mol. The van der Waals surface area contributed by atoms with Gasteiger partial charge >= 0.3 is 5.97 Å². The summed E-state index contributed by atoms with van der Waals surface area (Å²) in [6.07, 6.45) is 0.330. The van der Waals surface area contributed by atoms with Crippen molar-refractivity contribution in [2.75, 3.05) is 19.5 Å². The summed E-state index contributed by atoms with van der Waals surface area (Å²) < 4.78 is 27.1. The molecule has 0 saturated heterocycles. The maximum atomic E-state index is 11.2. The van der Waals surface area contributed by atoms with E-state index in [9.17, 15) is 13.2 Å². The van der Waals surface area contributed by atoms with E-state index in [1.54, 1.807) is 0 Å². The standard InChI is InChI=1S/C7H14O5S/c1-6(7(8)9)13(10,11)5-3-4-12-2/h6H,3-5H2,1-2H3,(H,8,9). The third-order valence-corrected chi connectivity index (χ3v) is 3.80. The fourth-order valence-electron chi connectivity index (χ4n) is 0.735. The van der Waals surface area contributed by atoms with Crippen molar-refractivity contribution in [2.24, 2.45) is 0 Å². The topological polar surface area (TPSA) is 80.7 Å². The zero-order chi connectivity index (χ0) is 10.5. The highest BCUT2D eigenvalue weighted by Gasteiger charge is 2.26. The van der Waals surface area contributed by atoms with E-state index >= 15 is 0 Å². The molecule has 0 fully saturated rings. The smallest absolute Gasteiger partial charge is 0.321 e. The van der Waals surface area contributed by atoms with Crippen molar-refractivity contribution in [2.45, 2.75) is 18.6 Å². The van der Waals surface area contributed by atoms with Gasteiger partial charge < -0.3 is 9.84 Å². The molecule has 0 aromatic rings.